The van der Waals surface area contributed by atoms with Crippen LogP contribution >= 0.6 is 11.3 Å². The van der Waals surface area contributed by atoms with Crippen molar-refractivity contribution < 1.29 is 0 Å². The summed E-state index contributed by atoms with van der Waals surface area (Å²) in [7, 11) is 0. The Kier molecular flexibility index (Phi) is 4.39. The largest absolute Gasteiger partial charge is 0.370 e. The predicted octanol–water partition coefficient (Wildman–Crippen LogP) is 1.23. The van der Waals surface area contributed by atoms with E-state index < -0.39 is 0 Å². The summed E-state index contributed by atoms with van der Waals surface area (Å²) in [6.07, 6.45) is 2.48. The smallest absolute Gasteiger partial charge is 0.185 e. The van der Waals surface area contributed by atoms with Gasteiger partial charge in [-0.15, -0.1) is 11.3 Å². The van der Waals surface area contributed by atoms with Crippen LogP contribution in [0.1, 0.15) is 17.7 Å². The first-order chi connectivity index (χ1) is 8.24. The Labute approximate surface area is 106 Å². The number of nitrogens with zero attached hydrogens (tertiary/aromatic N) is 2. The van der Waals surface area contributed by atoms with E-state index in [-0.39, 0.29) is 5.96 Å². The molecule has 1 aromatic heterocycles. The molecule has 0 amide bonds. The molecule has 1 aliphatic rings. The van der Waals surface area contributed by atoms with Gasteiger partial charge in [0.2, 0.25) is 0 Å². The number of aliphatic imine (C=N–C) groups is 1. The average Bonchev–Trinajstić information content (AvgIpc) is 2.80. The number of rotatable bonds is 4. The van der Waals surface area contributed by atoms with Gasteiger partial charge < -0.3 is 11.5 Å². The summed E-state index contributed by atoms with van der Waals surface area (Å²) in [6, 6.07) is 4.31. The van der Waals surface area contributed by atoms with E-state index in [1.165, 1.54) is 24.3 Å². The van der Waals surface area contributed by atoms with E-state index in [0.29, 0.717) is 5.92 Å². The number of hydrogen-bond donors (Lipinski definition) is 2. The Morgan fingerprint density at radius 2 is 2.41 bits per heavy atom. The van der Waals surface area contributed by atoms with Crippen LogP contribution in [0.3, 0.4) is 0 Å². The summed E-state index contributed by atoms with van der Waals surface area (Å²) in [5, 5.41) is 2.14. The van der Waals surface area contributed by atoms with E-state index in [0.717, 1.165) is 19.6 Å². The van der Waals surface area contributed by atoms with Crippen molar-refractivity contribution in [3.63, 3.8) is 0 Å². The average molecular weight is 252 g/mol. The molecular weight excluding hydrogens is 232 g/mol. The summed E-state index contributed by atoms with van der Waals surface area (Å²) in [5.74, 6) is 0.811. The Morgan fingerprint density at radius 1 is 1.53 bits per heavy atom. The highest BCUT2D eigenvalue weighted by molar-refractivity contribution is 7.09. The second kappa shape index (κ2) is 6.02. The molecule has 1 fully saturated rings. The molecule has 0 saturated carbocycles. The highest BCUT2D eigenvalue weighted by Crippen LogP contribution is 2.20. The van der Waals surface area contributed by atoms with Crippen LogP contribution in [0.25, 0.3) is 0 Å². The minimum Gasteiger partial charge on any atom is -0.370 e. The molecular formula is C12H20N4S. The number of hydrogen-bond acceptors (Lipinski definition) is 3. The van der Waals surface area contributed by atoms with Gasteiger partial charge in [0.25, 0.3) is 0 Å². The van der Waals surface area contributed by atoms with Crippen molar-refractivity contribution in [3.05, 3.63) is 22.4 Å². The molecule has 0 spiro atoms. The maximum Gasteiger partial charge on any atom is 0.185 e. The van der Waals surface area contributed by atoms with Crippen LogP contribution in [0, 0.1) is 5.92 Å². The van der Waals surface area contributed by atoms with Gasteiger partial charge in [-0.25, -0.2) is 0 Å². The van der Waals surface area contributed by atoms with Crippen molar-refractivity contribution in [1.29, 1.82) is 0 Å². The zero-order valence-corrected chi connectivity index (χ0v) is 10.8. The van der Waals surface area contributed by atoms with Crippen LogP contribution in [-0.2, 0) is 6.54 Å². The van der Waals surface area contributed by atoms with E-state index in [4.69, 9.17) is 11.5 Å². The van der Waals surface area contributed by atoms with Gasteiger partial charge in [-0.2, -0.15) is 0 Å². The fourth-order valence-corrected chi connectivity index (χ4v) is 3.05. The predicted molar refractivity (Wildman–Crippen MR) is 73.0 cm³/mol. The van der Waals surface area contributed by atoms with Gasteiger partial charge in [-0.05, 0) is 36.8 Å². The summed E-state index contributed by atoms with van der Waals surface area (Å²) < 4.78 is 0. The van der Waals surface area contributed by atoms with E-state index >= 15 is 0 Å². The zero-order valence-electron chi connectivity index (χ0n) is 10.0. The van der Waals surface area contributed by atoms with Gasteiger partial charge in [0.1, 0.15) is 0 Å². The van der Waals surface area contributed by atoms with Crippen molar-refractivity contribution in [3.8, 4) is 0 Å². The molecule has 17 heavy (non-hydrogen) atoms. The molecule has 4 nitrogen and oxygen atoms in total. The lowest BCUT2D eigenvalue weighted by molar-refractivity contribution is 0.172. The fourth-order valence-electron chi connectivity index (χ4n) is 2.30. The normalized spacial score (nSPS) is 21.3. The molecule has 1 saturated heterocycles. The molecule has 2 rings (SSSR count). The van der Waals surface area contributed by atoms with Gasteiger partial charge in [-0.3, -0.25) is 9.89 Å². The summed E-state index contributed by atoms with van der Waals surface area (Å²) in [4.78, 5) is 8.07. The highest BCUT2D eigenvalue weighted by Gasteiger charge is 2.19. The van der Waals surface area contributed by atoms with E-state index in [1.54, 1.807) is 0 Å². The lowest BCUT2D eigenvalue weighted by Crippen LogP contribution is -2.36. The van der Waals surface area contributed by atoms with Crippen LogP contribution in [-0.4, -0.2) is 30.5 Å². The van der Waals surface area contributed by atoms with Gasteiger partial charge in [-0.1, -0.05) is 6.07 Å². The number of nitrogens with two attached hydrogens (primary N) is 2. The maximum atomic E-state index is 5.37. The third-order valence-corrected chi connectivity index (χ3v) is 3.96. The third kappa shape index (κ3) is 4.02. The molecule has 0 bridgehead atoms. The van der Waals surface area contributed by atoms with Crippen molar-refractivity contribution in [2.75, 3.05) is 19.6 Å². The van der Waals surface area contributed by atoms with Crippen LogP contribution < -0.4 is 11.5 Å². The van der Waals surface area contributed by atoms with E-state index in [9.17, 15) is 0 Å². The molecule has 5 heteroatoms. The van der Waals surface area contributed by atoms with Crippen LogP contribution in [0.4, 0.5) is 0 Å². The van der Waals surface area contributed by atoms with Crippen LogP contribution in [0.2, 0.25) is 0 Å². The summed E-state index contributed by atoms with van der Waals surface area (Å²) in [5.41, 5.74) is 10.7. The highest BCUT2D eigenvalue weighted by atomic mass is 32.1. The van der Waals surface area contributed by atoms with Crippen molar-refractivity contribution in [2.24, 2.45) is 22.4 Å². The minimum absolute atomic E-state index is 0.209. The monoisotopic (exact) mass is 252 g/mol. The number of likely N-dealkylation sites (tertiary alicyclic amines) is 1. The Bertz CT molecular complexity index is 357. The second-order valence-electron chi connectivity index (χ2n) is 4.59. The zero-order chi connectivity index (χ0) is 12.1. The fraction of sp³-hybridized carbons (Fsp3) is 0.583. The van der Waals surface area contributed by atoms with E-state index in [1.807, 2.05) is 11.3 Å². The molecule has 0 aliphatic carbocycles. The molecule has 0 aromatic carbocycles. The van der Waals surface area contributed by atoms with Gasteiger partial charge >= 0.3 is 0 Å². The van der Waals surface area contributed by atoms with E-state index in [2.05, 4.69) is 27.4 Å². The summed E-state index contributed by atoms with van der Waals surface area (Å²) in [6.45, 7) is 4.13. The number of piperidine rings is 1. The Morgan fingerprint density at radius 3 is 3.12 bits per heavy atom. The minimum atomic E-state index is 0.209. The number of thiophene rings is 1. The molecule has 4 N–H and O–H groups in total. The molecule has 1 aromatic rings. The Hall–Kier alpha value is -1.07. The van der Waals surface area contributed by atoms with Gasteiger partial charge in [0.05, 0.1) is 0 Å². The molecule has 0 radical (unpaired) electrons. The molecule has 1 unspecified atom stereocenters. The second-order valence-corrected chi connectivity index (χ2v) is 5.62. The molecule has 1 aliphatic heterocycles. The van der Waals surface area contributed by atoms with Crippen molar-refractivity contribution >= 4 is 17.3 Å². The lowest BCUT2D eigenvalue weighted by Gasteiger charge is -2.31. The summed E-state index contributed by atoms with van der Waals surface area (Å²) >= 11 is 1.83. The lowest BCUT2D eigenvalue weighted by atomic mass is 9.98. The molecule has 1 atom stereocenters. The van der Waals surface area contributed by atoms with Crippen LogP contribution in [0.15, 0.2) is 22.5 Å². The quantitative estimate of drug-likeness (QED) is 0.625. The molecule has 94 valence electrons. The first-order valence-corrected chi connectivity index (χ1v) is 6.92. The maximum absolute atomic E-state index is 5.37. The molecule has 2 heterocycles. The van der Waals surface area contributed by atoms with Gasteiger partial charge in [0.15, 0.2) is 5.96 Å². The van der Waals surface area contributed by atoms with Crippen molar-refractivity contribution in [2.45, 2.75) is 19.4 Å². The number of guanidine groups is 1. The third-order valence-electron chi connectivity index (χ3n) is 3.09. The first kappa shape index (κ1) is 12.4. The standard InChI is InChI=1S/C12H20N4S/c13-12(14)15-7-10-3-1-5-16(8-10)9-11-4-2-6-17-11/h2,4,6,10H,1,3,5,7-9H2,(H4,13,14,15). The Balaban J connectivity index is 1.82. The first-order valence-electron chi connectivity index (χ1n) is 6.04. The van der Waals surface area contributed by atoms with Gasteiger partial charge in [0, 0.05) is 24.5 Å². The van der Waals surface area contributed by atoms with Crippen LogP contribution in [0.5, 0.6) is 0 Å². The van der Waals surface area contributed by atoms with Crippen molar-refractivity contribution in [1.82, 2.24) is 4.90 Å². The SMILES string of the molecule is NC(N)=NCC1CCCN(Cc2cccs2)C1. The topological polar surface area (TPSA) is 67.6 Å².